The molecule has 0 saturated heterocycles. The van der Waals surface area contributed by atoms with Gasteiger partial charge in [-0.15, -0.1) is 0 Å². The number of Topliss-reactive ketones (excluding diaryl/α,β-unsaturated/α-hetero) is 1. The maximum absolute atomic E-state index is 11.7. The zero-order valence-corrected chi connectivity index (χ0v) is 9.53. The van der Waals surface area contributed by atoms with E-state index in [0.717, 1.165) is 0 Å². The highest BCUT2D eigenvalue weighted by molar-refractivity contribution is 6.41. The number of phenols is 1. The fraction of sp³-hybridized carbons (Fsp3) is 0.333. The fourth-order valence-electron chi connectivity index (χ4n) is 1.36. The number of carbonyl (C=O) groups is 2. The molecule has 1 aromatic rings. The summed E-state index contributed by atoms with van der Waals surface area (Å²) in [7, 11) is 0. The highest BCUT2D eigenvalue weighted by Crippen LogP contribution is 2.23. The Morgan fingerprint density at radius 3 is 2.44 bits per heavy atom. The number of phenolic OH excluding ortho intramolecular Hbond substituents is 1. The molecule has 4 nitrogen and oxygen atoms in total. The molecule has 0 atom stereocenters. The SMILES string of the molecule is CCOC(=O)C(=O)c1ccc(O)c(C)c1C. The molecule has 16 heavy (non-hydrogen) atoms. The maximum Gasteiger partial charge on any atom is 0.379 e. The molecule has 0 heterocycles. The van der Waals surface area contributed by atoms with E-state index in [0.29, 0.717) is 11.1 Å². The number of rotatable bonds is 3. The molecule has 0 radical (unpaired) electrons. The van der Waals surface area contributed by atoms with Gasteiger partial charge in [-0.3, -0.25) is 4.79 Å². The van der Waals surface area contributed by atoms with Crippen molar-refractivity contribution in [1.82, 2.24) is 0 Å². The van der Waals surface area contributed by atoms with Crippen molar-refractivity contribution in [3.8, 4) is 5.75 Å². The Bertz CT molecular complexity index is 435. The number of ketones is 1. The second-order valence-electron chi connectivity index (χ2n) is 3.43. The molecule has 0 amide bonds. The van der Waals surface area contributed by atoms with Crippen molar-refractivity contribution < 1.29 is 19.4 Å². The lowest BCUT2D eigenvalue weighted by Gasteiger charge is -2.08. The van der Waals surface area contributed by atoms with Gasteiger partial charge in [-0.05, 0) is 44.0 Å². The minimum absolute atomic E-state index is 0.109. The summed E-state index contributed by atoms with van der Waals surface area (Å²) >= 11 is 0. The lowest BCUT2D eigenvalue weighted by atomic mass is 9.99. The van der Waals surface area contributed by atoms with Crippen LogP contribution in [-0.4, -0.2) is 23.5 Å². The highest BCUT2D eigenvalue weighted by Gasteiger charge is 2.20. The van der Waals surface area contributed by atoms with Crippen molar-refractivity contribution in [2.75, 3.05) is 6.61 Å². The van der Waals surface area contributed by atoms with Crippen molar-refractivity contribution in [3.05, 3.63) is 28.8 Å². The second-order valence-corrected chi connectivity index (χ2v) is 3.43. The Labute approximate surface area is 93.9 Å². The van der Waals surface area contributed by atoms with E-state index in [4.69, 9.17) is 0 Å². The van der Waals surface area contributed by atoms with Crippen LogP contribution in [0.2, 0.25) is 0 Å². The van der Waals surface area contributed by atoms with Gasteiger partial charge >= 0.3 is 5.97 Å². The molecular weight excluding hydrogens is 208 g/mol. The van der Waals surface area contributed by atoms with Gasteiger partial charge in [0.05, 0.1) is 6.61 Å². The normalized spacial score (nSPS) is 9.94. The summed E-state index contributed by atoms with van der Waals surface area (Å²) in [6.07, 6.45) is 0. The van der Waals surface area contributed by atoms with Gasteiger partial charge in [-0.2, -0.15) is 0 Å². The first-order chi connectivity index (χ1) is 7.49. The van der Waals surface area contributed by atoms with E-state index in [2.05, 4.69) is 4.74 Å². The van der Waals surface area contributed by atoms with Gasteiger partial charge in [0, 0.05) is 5.56 Å². The zero-order chi connectivity index (χ0) is 12.3. The lowest BCUT2D eigenvalue weighted by Crippen LogP contribution is -2.18. The third kappa shape index (κ3) is 2.21. The summed E-state index contributed by atoms with van der Waals surface area (Å²) < 4.78 is 4.63. The predicted molar refractivity (Wildman–Crippen MR) is 58.5 cm³/mol. The highest BCUT2D eigenvalue weighted by atomic mass is 16.5. The minimum atomic E-state index is -0.865. The number of hydrogen-bond donors (Lipinski definition) is 1. The first-order valence-corrected chi connectivity index (χ1v) is 4.99. The second kappa shape index (κ2) is 4.79. The van der Waals surface area contributed by atoms with E-state index >= 15 is 0 Å². The Balaban J connectivity index is 3.10. The monoisotopic (exact) mass is 222 g/mol. The van der Waals surface area contributed by atoms with Gasteiger partial charge in [0.15, 0.2) is 0 Å². The Morgan fingerprint density at radius 2 is 1.88 bits per heavy atom. The van der Waals surface area contributed by atoms with Crippen molar-refractivity contribution >= 4 is 11.8 Å². The molecule has 0 fully saturated rings. The number of ether oxygens (including phenoxy) is 1. The van der Waals surface area contributed by atoms with Gasteiger partial charge in [-0.1, -0.05) is 0 Å². The average Bonchev–Trinajstić information content (AvgIpc) is 2.26. The minimum Gasteiger partial charge on any atom is -0.508 e. The molecule has 0 unspecified atom stereocenters. The topological polar surface area (TPSA) is 63.6 Å². The molecule has 1 rings (SSSR count). The fourth-order valence-corrected chi connectivity index (χ4v) is 1.36. The molecule has 0 aliphatic heterocycles. The Hall–Kier alpha value is -1.84. The zero-order valence-electron chi connectivity index (χ0n) is 9.53. The molecule has 0 aliphatic carbocycles. The lowest BCUT2D eigenvalue weighted by molar-refractivity contribution is -0.137. The average molecular weight is 222 g/mol. The number of esters is 1. The standard InChI is InChI=1S/C12H14O4/c1-4-16-12(15)11(14)9-5-6-10(13)8(3)7(9)2/h5-6,13H,4H2,1-3H3. The largest absolute Gasteiger partial charge is 0.508 e. The van der Waals surface area contributed by atoms with E-state index < -0.39 is 11.8 Å². The van der Waals surface area contributed by atoms with Crippen molar-refractivity contribution in [1.29, 1.82) is 0 Å². The van der Waals surface area contributed by atoms with E-state index in [-0.39, 0.29) is 17.9 Å². The van der Waals surface area contributed by atoms with Crippen LogP contribution in [0.5, 0.6) is 5.75 Å². The van der Waals surface area contributed by atoms with E-state index in [1.807, 2.05) is 0 Å². The van der Waals surface area contributed by atoms with Gasteiger partial charge in [0.1, 0.15) is 5.75 Å². The van der Waals surface area contributed by atoms with Crippen LogP contribution in [0.15, 0.2) is 12.1 Å². The van der Waals surface area contributed by atoms with Crippen molar-refractivity contribution in [2.24, 2.45) is 0 Å². The molecule has 0 aliphatic rings. The first kappa shape index (κ1) is 12.2. The quantitative estimate of drug-likeness (QED) is 0.481. The number of carbonyl (C=O) groups excluding carboxylic acids is 2. The summed E-state index contributed by atoms with van der Waals surface area (Å²) in [5.74, 6) is -1.43. The number of benzene rings is 1. The number of aromatic hydroxyl groups is 1. The summed E-state index contributed by atoms with van der Waals surface area (Å²) in [4.78, 5) is 22.9. The van der Waals surface area contributed by atoms with Crippen LogP contribution in [0, 0.1) is 13.8 Å². The molecule has 4 heteroatoms. The molecule has 1 aromatic carbocycles. The molecular formula is C12H14O4. The van der Waals surface area contributed by atoms with Gasteiger partial charge in [-0.25, -0.2) is 4.79 Å². The summed E-state index contributed by atoms with van der Waals surface area (Å²) in [5, 5.41) is 9.42. The third-order valence-corrected chi connectivity index (χ3v) is 2.46. The van der Waals surface area contributed by atoms with E-state index in [1.54, 1.807) is 20.8 Å². The van der Waals surface area contributed by atoms with E-state index in [9.17, 15) is 14.7 Å². The predicted octanol–water partition coefficient (Wildman–Crippen LogP) is 1.75. The van der Waals surface area contributed by atoms with Crippen LogP contribution in [0.1, 0.15) is 28.4 Å². The molecule has 0 saturated carbocycles. The van der Waals surface area contributed by atoms with Crippen LogP contribution < -0.4 is 0 Å². The molecule has 0 spiro atoms. The van der Waals surface area contributed by atoms with Crippen LogP contribution in [0.25, 0.3) is 0 Å². The first-order valence-electron chi connectivity index (χ1n) is 4.99. The van der Waals surface area contributed by atoms with Gasteiger partial charge < -0.3 is 9.84 Å². The number of hydrogen-bond acceptors (Lipinski definition) is 4. The van der Waals surface area contributed by atoms with Crippen LogP contribution >= 0.6 is 0 Å². The van der Waals surface area contributed by atoms with Gasteiger partial charge in [0.2, 0.25) is 0 Å². The molecule has 0 aromatic heterocycles. The Kier molecular flexibility index (Phi) is 3.66. The van der Waals surface area contributed by atoms with E-state index in [1.165, 1.54) is 12.1 Å². The maximum atomic E-state index is 11.7. The Morgan fingerprint density at radius 1 is 1.25 bits per heavy atom. The molecule has 1 N–H and O–H groups in total. The third-order valence-electron chi connectivity index (χ3n) is 2.46. The summed E-state index contributed by atoms with van der Waals surface area (Å²) in [6, 6.07) is 2.83. The summed E-state index contributed by atoms with van der Waals surface area (Å²) in [6.45, 7) is 5.18. The van der Waals surface area contributed by atoms with Crippen LogP contribution in [0.3, 0.4) is 0 Å². The smallest absolute Gasteiger partial charge is 0.379 e. The molecule has 86 valence electrons. The van der Waals surface area contributed by atoms with Crippen LogP contribution in [-0.2, 0) is 9.53 Å². The van der Waals surface area contributed by atoms with Crippen LogP contribution in [0.4, 0.5) is 0 Å². The summed E-state index contributed by atoms with van der Waals surface area (Å²) in [5.41, 5.74) is 1.46. The van der Waals surface area contributed by atoms with Crippen molar-refractivity contribution in [3.63, 3.8) is 0 Å². The van der Waals surface area contributed by atoms with Gasteiger partial charge in [0.25, 0.3) is 5.78 Å². The van der Waals surface area contributed by atoms with Crippen molar-refractivity contribution in [2.45, 2.75) is 20.8 Å². The molecule has 0 bridgehead atoms.